The second-order valence-corrected chi connectivity index (χ2v) is 5.03. The topological polar surface area (TPSA) is 77.8 Å². The Morgan fingerprint density at radius 2 is 1.67 bits per heavy atom. The van der Waals surface area contributed by atoms with Crippen molar-refractivity contribution in [3.05, 3.63) is 84.2 Å². The first-order chi connectivity index (χ1) is 11.8. The molecular weight excluding hydrogens is 300 g/mol. The fourth-order valence-corrected chi connectivity index (χ4v) is 2.16. The van der Waals surface area contributed by atoms with Crippen LogP contribution in [0.2, 0.25) is 0 Å². The number of nitriles is 1. The summed E-state index contributed by atoms with van der Waals surface area (Å²) in [6, 6.07) is 21.9. The molecule has 2 N–H and O–H groups in total. The fourth-order valence-electron chi connectivity index (χ4n) is 2.16. The third-order valence-electron chi connectivity index (χ3n) is 3.35. The molecule has 0 aliphatic rings. The minimum Gasteiger partial charge on any atom is -0.353 e. The van der Waals surface area contributed by atoms with Crippen LogP contribution in [0.1, 0.15) is 16.1 Å². The zero-order valence-electron chi connectivity index (χ0n) is 12.7. The number of rotatable bonds is 4. The van der Waals surface area contributed by atoms with Crippen molar-refractivity contribution in [1.82, 2.24) is 4.98 Å². The van der Waals surface area contributed by atoms with Crippen LogP contribution < -0.4 is 10.6 Å². The van der Waals surface area contributed by atoms with E-state index in [9.17, 15) is 4.79 Å². The molecule has 0 radical (unpaired) electrons. The van der Waals surface area contributed by atoms with Gasteiger partial charge in [0.05, 0.1) is 23.1 Å². The summed E-state index contributed by atoms with van der Waals surface area (Å²) in [7, 11) is 0. The first kappa shape index (κ1) is 15.3. The second kappa shape index (κ2) is 7.07. The molecule has 0 unspecified atom stereocenters. The van der Waals surface area contributed by atoms with Crippen LogP contribution in [0.5, 0.6) is 0 Å². The lowest BCUT2D eigenvalue weighted by molar-refractivity contribution is 0.102. The van der Waals surface area contributed by atoms with Crippen molar-refractivity contribution in [3.8, 4) is 6.07 Å². The van der Waals surface area contributed by atoms with Crippen LogP contribution in [0.3, 0.4) is 0 Å². The predicted molar refractivity (Wildman–Crippen MR) is 93.1 cm³/mol. The highest BCUT2D eigenvalue weighted by Gasteiger charge is 2.08. The van der Waals surface area contributed by atoms with Gasteiger partial charge in [0.25, 0.3) is 5.91 Å². The molecule has 5 nitrogen and oxygen atoms in total. The van der Waals surface area contributed by atoms with Gasteiger partial charge in [-0.3, -0.25) is 4.79 Å². The monoisotopic (exact) mass is 314 g/mol. The van der Waals surface area contributed by atoms with Crippen molar-refractivity contribution in [3.63, 3.8) is 0 Å². The molecule has 1 heterocycles. The van der Waals surface area contributed by atoms with E-state index in [1.54, 1.807) is 30.5 Å². The summed E-state index contributed by atoms with van der Waals surface area (Å²) in [5, 5.41) is 15.0. The Bertz CT molecular complexity index is 883. The Balaban J connectivity index is 1.71. The maximum absolute atomic E-state index is 12.1. The van der Waals surface area contributed by atoms with Crippen molar-refractivity contribution in [2.24, 2.45) is 0 Å². The van der Waals surface area contributed by atoms with Gasteiger partial charge in [0.1, 0.15) is 11.8 Å². The fraction of sp³-hybridized carbons (Fsp3) is 0. The minimum absolute atomic E-state index is 0.273. The molecule has 0 saturated heterocycles. The highest BCUT2D eigenvalue weighted by atomic mass is 16.1. The number of hydrogen-bond acceptors (Lipinski definition) is 4. The summed E-state index contributed by atoms with van der Waals surface area (Å²) in [6.45, 7) is 0. The smallest absolute Gasteiger partial charge is 0.274 e. The van der Waals surface area contributed by atoms with Gasteiger partial charge in [-0.2, -0.15) is 5.26 Å². The van der Waals surface area contributed by atoms with Crippen LogP contribution in [0.15, 0.2) is 72.9 Å². The van der Waals surface area contributed by atoms with Crippen LogP contribution >= 0.6 is 0 Å². The van der Waals surface area contributed by atoms with E-state index < -0.39 is 0 Å². The van der Waals surface area contributed by atoms with E-state index in [4.69, 9.17) is 5.26 Å². The molecule has 1 amide bonds. The molecule has 0 saturated carbocycles. The largest absolute Gasteiger partial charge is 0.353 e. The minimum atomic E-state index is -0.273. The second-order valence-electron chi connectivity index (χ2n) is 5.03. The first-order valence-corrected chi connectivity index (χ1v) is 7.35. The zero-order valence-corrected chi connectivity index (χ0v) is 12.7. The van der Waals surface area contributed by atoms with Crippen molar-refractivity contribution < 1.29 is 4.79 Å². The molecule has 3 rings (SSSR count). The van der Waals surface area contributed by atoms with E-state index in [0.29, 0.717) is 22.6 Å². The SMILES string of the molecule is N#Cc1ccccc1Nc1ccc(C(=O)Nc2ccccc2)nc1. The average Bonchev–Trinajstić information content (AvgIpc) is 2.63. The number of pyridine rings is 1. The van der Waals surface area contributed by atoms with Crippen LogP contribution in [-0.4, -0.2) is 10.9 Å². The lowest BCUT2D eigenvalue weighted by Crippen LogP contribution is -2.13. The first-order valence-electron chi connectivity index (χ1n) is 7.35. The molecule has 0 aliphatic heterocycles. The molecule has 1 aromatic heterocycles. The van der Waals surface area contributed by atoms with Gasteiger partial charge in [-0.25, -0.2) is 4.98 Å². The summed E-state index contributed by atoms with van der Waals surface area (Å²) < 4.78 is 0. The number of benzene rings is 2. The van der Waals surface area contributed by atoms with E-state index in [0.717, 1.165) is 5.69 Å². The standard InChI is InChI=1S/C19H14N4O/c20-12-14-6-4-5-9-17(14)22-16-10-11-18(21-13-16)19(24)23-15-7-2-1-3-8-15/h1-11,13,22H,(H,23,24). The third-order valence-corrected chi connectivity index (χ3v) is 3.35. The Labute approximate surface area is 139 Å². The van der Waals surface area contributed by atoms with E-state index in [2.05, 4.69) is 21.7 Å². The summed E-state index contributed by atoms with van der Waals surface area (Å²) in [5.41, 5.74) is 2.98. The van der Waals surface area contributed by atoms with Crippen molar-refractivity contribution >= 4 is 23.0 Å². The van der Waals surface area contributed by atoms with Gasteiger partial charge >= 0.3 is 0 Å². The van der Waals surface area contributed by atoms with Gasteiger partial charge in [0, 0.05) is 5.69 Å². The van der Waals surface area contributed by atoms with Gasteiger partial charge in [-0.1, -0.05) is 30.3 Å². The predicted octanol–water partition coefficient (Wildman–Crippen LogP) is 3.95. The lowest BCUT2D eigenvalue weighted by Gasteiger charge is -2.08. The average molecular weight is 314 g/mol. The number of aromatic nitrogens is 1. The number of carbonyl (C=O) groups excluding carboxylic acids is 1. The van der Waals surface area contributed by atoms with E-state index in [1.807, 2.05) is 42.5 Å². The lowest BCUT2D eigenvalue weighted by atomic mass is 10.2. The maximum atomic E-state index is 12.1. The van der Waals surface area contributed by atoms with Gasteiger partial charge in [0.2, 0.25) is 0 Å². The summed E-state index contributed by atoms with van der Waals surface area (Å²) in [4.78, 5) is 16.3. The third kappa shape index (κ3) is 3.57. The Morgan fingerprint density at radius 3 is 2.38 bits per heavy atom. The zero-order chi connectivity index (χ0) is 16.8. The Hall–Kier alpha value is -3.65. The van der Waals surface area contributed by atoms with Crippen LogP contribution in [-0.2, 0) is 0 Å². The number of anilines is 3. The molecule has 0 bridgehead atoms. The molecule has 24 heavy (non-hydrogen) atoms. The number of para-hydroxylation sites is 2. The van der Waals surface area contributed by atoms with Crippen molar-refractivity contribution in [2.45, 2.75) is 0 Å². The van der Waals surface area contributed by atoms with Crippen LogP contribution in [0, 0.1) is 11.3 Å². The molecule has 5 heteroatoms. The maximum Gasteiger partial charge on any atom is 0.274 e. The van der Waals surface area contributed by atoms with E-state index >= 15 is 0 Å². The van der Waals surface area contributed by atoms with E-state index in [-0.39, 0.29) is 5.91 Å². The molecule has 3 aromatic rings. The number of amides is 1. The highest BCUT2D eigenvalue weighted by molar-refractivity contribution is 6.02. The number of carbonyl (C=O) groups is 1. The summed E-state index contributed by atoms with van der Waals surface area (Å²) in [6.07, 6.45) is 1.56. The summed E-state index contributed by atoms with van der Waals surface area (Å²) >= 11 is 0. The molecule has 0 atom stereocenters. The molecule has 116 valence electrons. The normalized spacial score (nSPS) is 9.79. The van der Waals surface area contributed by atoms with Crippen molar-refractivity contribution in [1.29, 1.82) is 5.26 Å². The molecule has 0 aliphatic carbocycles. The van der Waals surface area contributed by atoms with Crippen LogP contribution in [0.4, 0.5) is 17.1 Å². The highest BCUT2D eigenvalue weighted by Crippen LogP contribution is 2.19. The van der Waals surface area contributed by atoms with Crippen LogP contribution in [0.25, 0.3) is 0 Å². The Kier molecular flexibility index (Phi) is 4.50. The number of hydrogen-bond donors (Lipinski definition) is 2. The Morgan fingerprint density at radius 1 is 0.917 bits per heavy atom. The van der Waals surface area contributed by atoms with Gasteiger partial charge in [-0.05, 0) is 36.4 Å². The summed E-state index contributed by atoms with van der Waals surface area (Å²) in [5.74, 6) is -0.273. The molecule has 0 fully saturated rings. The number of nitrogens with one attached hydrogen (secondary N) is 2. The molecule has 2 aromatic carbocycles. The van der Waals surface area contributed by atoms with Crippen molar-refractivity contribution in [2.75, 3.05) is 10.6 Å². The van der Waals surface area contributed by atoms with Gasteiger partial charge in [0.15, 0.2) is 0 Å². The molecular formula is C19H14N4O. The van der Waals surface area contributed by atoms with Gasteiger partial charge in [-0.15, -0.1) is 0 Å². The number of nitrogens with zero attached hydrogens (tertiary/aromatic N) is 2. The van der Waals surface area contributed by atoms with Gasteiger partial charge < -0.3 is 10.6 Å². The van der Waals surface area contributed by atoms with E-state index in [1.165, 1.54) is 0 Å². The quantitative estimate of drug-likeness (QED) is 0.764. The molecule has 0 spiro atoms.